The SMILES string of the molecule is Cc1ccc(C(=O)Nc2nnc(-c3cc(Cl)cc(Cl)c3O)s2)cc1[N+](=O)[O-]. The number of nitrogens with zero attached hydrogens (tertiary/aromatic N) is 3. The van der Waals surface area contributed by atoms with Crippen LogP contribution in [-0.4, -0.2) is 26.1 Å². The average molecular weight is 425 g/mol. The lowest BCUT2D eigenvalue weighted by Crippen LogP contribution is -2.12. The van der Waals surface area contributed by atoms with E-state index in [0.717, 1.165) is 11.3 Å². The van der Waals surface area contributed by atoms with Crippen LogP contribution in [0.15, 0.2) is 30.3 Å². The van der Waals surface area contributed by atoms with E-state index in [9.17, 15) is 20.0 Å². The number of carbonyl (C=O) groups is 1. The van der Waals surface area contributed by atoms with Gasteiger partial charge in [0, 0.05) is 22.2 Å². The van der Waals surface area contributed by atoms with Gasteiger partial charge in [-0.25, -0.2) is 0 Å². The lowest BCUT2D eigenvalue weighted by Gasteiger charge is -2.04. The Hall–Kier alpha value is -2.75. The van der Waals surface area contributed by atoms with Crippen molar-refractivity contribution in [3.63, 3.8) is 0 Å². The minimum Gasteiger partial charge on any atom is -0.506 e. The molecular weight excluding hydrogens is 415 g/mol. The van der Waals surface area contributed by atoms with E-state index in [2.05, 4.69) is 15.5 Å². The smallest absolute Gasteiger partial charge is 0.273 e. The number of hydrogen-bond donors (Lipinski definition) is 2. The minimum absolute atomic E-state index is 0.0604. The van der Waals surface area contributed by atoms with Crippen LogP contribution >= 0.6 is 34.5 Å². The Morgan fingerprint density at radius 3 is 2.70 bits per heavy atom. The molecule has 138 valence electrons. The minimum atomic E-state index is -0.575. The van der Waals surface area contributed by atoms with E-state index in [4.69, 9.17) is 23.2 Å². The molecule has 0 aliphatic heterocycles. The second kappa shape index (κ2) is 7.47. The predicted octanol–water partition coefficient (Wildman–Crippen LogP) is 4.69. The maximum atomic E-state index is 12.3. The molecule has 0 bridgehead atoms. The van der Waals surface area contributed by atoms with Gasteiger partial charge in [-0.3, -0.25) is 20.2 Å². The summed E-state index contributed by atoms with van der Waals surface area (Å²) in [5.41, 5.74) is 0.677. The van der Waals surface area contributed by atoms with Gasteiger partial charge < -0.3 is 5.11 Å². The highest BCUT2D eigenvalue weighted by atomic mass is 35.5. The van der Waals surface area contributed by atoms with Crippen molar-refractivity contribution in [1.29, 1.82) is 0 Å². The number of aromatic hydroxyl groups is 1. The van der Waals surface area contributed by atoms with Crippen molar-refractivity contribution in [3.8, 4) is 16.3 Å². The quantitative estimate of drug-likeness (QED) is 0.463. The second-order valence-electron chi connectivity index (χ2n) is 5.41. The number of nitro benzene ring substituents is 1. The average Bonchev–Trinajstić information content (AvgIpc) is 3.06. The molecule has 0 aliphatic rings. The molecule has 3 aromatic rings. The van der Waals surface area contributed by atoms with E-state index in [1.165, 1.54) is 30.3 Å². The molecule has 2 aromatic carbocycles. The van der Waals surface area contributed by atoms with E-state index >= 15 is 0 Å². The number of aryl methyl sites for hydroxylation is 1. The molecule has 8 nitrogen and oxygen atoms in total. The van der Waals surface area contributed by atoms with E-state index in [1.807, 2.05) is 0 Å². The maximum absolute atomic E-state index is 12.3. The fourth-order valence-corrected chi connectivity index (χ4v) is 3.48. The van der Waals surface area contributed by atoms with E-state index < -0.39 is 10.8 Å². The highest BCUT2D eigenvalue weighted by Crippen LogP contribution is 2.39. The topological polar surface area (TPSA) is 118 Å². The van der Waals surface area contributed by atoms with Crippen LogP contribution in [0.4, 0.5) is 10.8 Å². The maximum Gasteiger partial charge on any atom is 0.273 e. The number of anilines is 1. The molecule has 0 saturated heterocycles. The predicted molar refractivity (Wildman–Crippen MR) is 103 cm³/mol. The first-order valence-corrected chi connectivity index (χ1v) is 8.92. The molecule has 0 atom stereocenters. The molecule has 2 N–H and O–H groups in total. The van der Waals surface area contributed by atoms with Crippen LogP contribution < -0.4 is 5.32 Å². The third-order valence-electron chi connectivity index (χ3n) is 3.57. The van der Waals surface area contributed by atoms with Crippen molar-refractivity contribution in [3.05, 3.63) is 61.6 Å². The van der Waals surface area contributed by atoms with Crippen LogP contribution in [0, 0.1) is 17.0 Å². The number of nitrogens with one attached hydrogen (secondary N) is 1. The lowest BCUT2D eigenvalue weighted by atomic mass is 10.1. The molecule has 1 amide bonds. The van der Waals surface area contributed by atoms with Crippen LogP contribution in [0.1, 0.15) is 15.9 Å². The van der Waals surface area contributed by atoms with Gasteiger partial charge in [0.2, 0.25) is 5.13 Å². The molecular formula is C16H10Cl2N4O4S. The van der Waals surface area contributed by atoms with E-state index in [1.54, 1.807) is 6.92 Å². The number of phenols is 1. The first-order chi connectivity index (χ1) is 12.8. The molecule has 3 rings (SSSR count). The molecule has 0 radical (unpaired) electrons. The zero-order valence-corrected chi connectivity index (χ0v) is 15.9. The third kappa shape index (κ3) is 4.00. The number of nitro groups is 1. The Morgan fingerprint density at radius 1 is 1.26 bits per heavy atom. The summed E-state index contributed by atoms with van der Waals surface area (Å²) in [4.78, 5) is 22.8. The standard InChI is InChI=1S/C16H10Cl2N4O4S/c1-7-2-3-8(4-12(7)22(25)26)14(24)19-16-21-20-15(27-16)10-5-9(17)6-11(18)13(10)23/h2-6,23H,1H3,(H,19,21,24). The van der Waals surface area contributed by atoms with Gasteiger partial charge in [-0.15, -0.1) is 10.2 Å². The fourth-order valence-electron chi connectivity index (χ4n) is 2.23. The van der Waals surface area contributed by atoms with Crippen molar-refractivity contribution >= 4 is 51.3 Å². The Bertz CT molecular complexity index is 1070. The summed E-state index contributed by atoms with van der Waals surface area (Å²) < 4.78 is 0. The van der Waals surface area contributed by atoms with Crippen molar-refractivity contribution in [1.82, 2.24) is 10.2 Å². The van der Waals surface area contributed by atoms with Gasteiger partial charge in [0.1, 0.15) is 5.75 Å². The molecule has 1 aromatic heterocycles. The van der Waals surface area contributed by atoms with Gasteiger partial charge in [0.15, 0.2) is 5.01 Å². The number of benzene rings is 2. The molecule has 0 fully saturated rings. The van der Waals surface area contributed by atoms with Gasteiger partial charge >= 0.3 is 0 Å². The Labute approximate surface area is 166 Å². The van der Waals surface area contributed by atoms with Gasteiger partial charge in [-0.05, 0) is 25.1 Å². The molecule has 0 unspecified atom stereocenters. The van der Waals surface area contributed by atoms with Gasteiger partial charge in [0.05, 0.1) is 15.5 Å². The summed E-state index contributed by atoms with van der Waals surface area (Å²) in [7, 11) is 0. The molecule has 11 heteroatoms. The summed E-state index contributed by atoms with van der Waals surface area (Å²) in [5.74, 6) is -0.779. The zero-order valence-electron chi connectivity index (χ0n) is 13.6. The Morgan fingerprint density at radius 2 is 2.00 bits per heavy atom. The fraction of sp³-hybridized carbons (Fsp3) is 0.0625. The molecule has 0 spiro atoms. The lowest BCUT2D eigenvalue weighted by molar-refractivity contribution is -0.385. The summed E-state index contributed by atoms with van der Waals surface area (Å²) >= 11 is 12.8. The molecule has 0 saturated carbocycles. The van der Waals surface area contributed by atoms with Crippen LogP contribution in [0.25, 0.3) is 10.6 Å². The normalized spacial score (nSPS) is 10.6. The van der Waals surface area contributed by atoms with Crippen molar-refractivity contribution in [2.45, 2.75) is 6.92 Å². The van der Waals surface area contributed by atoms with Crippen molar-refractivity contribution in [2.75, 3.05) is 5.32 Å². The number of halogens is 2. The zero-order chi connectivity index (χ0) is 19.7. The van der Waals surface area contributed by atoms with Crippen LogP contribution in [-0.2, 0) is 0 Å². The van der Waals surface area contributed by atoms with E-state index in [0.29, 0.717) is 15.6 Å². The van der Waals surface area contributed by atoms with Crippen LogP contribution in [0.3, 0.4) is 0 Å². The third-order valence-corrected chi connectivity index (χ3v) is 4.95. The van der Waals surface area contributed by atoms with Crippen LogP contribution in [0.5, 0.6) is 5.75 Å². The number of rotatable bonds is 4. The first-order valence-electron chi connectivity index (χ1n) is 7.34. The summed E-state index contributed by atoms with van der Waals surface area (Å²) in [6.07, 6.45) is 0. The van der Waals surface area contributed by atoms with E-state index in [-0.39, 0.29) is 32.7 Å². The van der Waals surface area contributed by atoms with Gasteiger partial charge in [-0.1, -0.05) is 40.6 Å². The Balaban J connectivity index is 1.85. The highest BCUT2D eigenvalue weighted by molar-refractivity contribution is 7.18. The number of phenolic OH excluding ortho intramolecular Hbond substituents is 1. The summed E-state index contributed by atoms with van der Waals surface area (Å²) in [6.45, 7) is 1.58. The molecule has 0 aliphatic carbocycles. The Kier molecular flexibility index (Phi) is 5.26. The number of amides is 1. The summed E-state index contributed by atoms with van der Waals surface area (Å²) in [6, 6.07) is 7.01. The number of aromatic nitrogens is 2. The summed E-state index contributed by atoms with van der Waals surface area (Å²) in [5, 5.41) is 32.1. The highest BCUT2D eigenvalue weighted by Gasteiger charge is 2.18. The molecule has 27 heavy (non-hydrogen) atoms. The van der Waals surface area contributed by atoms with Gasteiger partial charge in [-0.2, -0.15) is 0 Å². The van der Waals surface area contributed by atoms with Crippen molar-refractivity contribution < 1.29 is 14.8 Å². The number of carbonyl (C=O) groups excluding carboxylic acids is 1. The molecule has 1 heterocycles. The monoisotopic (exact) mass is 424 g/mol. The second-order valence-corrected chi connectivity index (χ2v) is 7.23. The number of hydrogen-bond acceptors (Lipinski definition) is 7. The largest absolute Gasteiger partial charge is 0.506 e. The van der Waals surface area contributed by atoms with Crippen LogP contribution in [0.2, 0.25) is 10.0 Å². The van der Waals surface area contributed by atoms with Crippen molar-refractivity contribution in [2.24, 2.45) is 0 Å². The van der Waals surface area contributed by atoms with Gasteiger partial charge in [0.25, 0.3) is 11.6 Å². The first kappa shape index (κ1) is 19.0.